The molecule has 0 aliphatic carbocycles. The zero-order valence-electron chi connectivity index (χ0n) is 9.34. The predicted molar refractivity (Wildman–Crippen MR) is 62.8 cm³/mol. The van der Waals surface area contributed by atoms with E-state index in [0.29, 0.717) is 19.0 Å². The Morgan fingerprint density at radius 2 is 2.41 bits per heavy atom. The van der Waals surface area contributed by atoms with Gasteiger partial charge in [0.1, 0.15) is 10.8 Å². The van der Waals surface area contributed by atoms with E-state index >= 15 is 0 Å². The number of halogens is 1. The molecule has 1 fully saturated rings. The van der Waals surface area contributed by atoms with Crippen molar-refractivity contribution in [2.24, 2.45) is 5.92 Å². The molecule has 17 heavy (non-hydrogen) atoms. The Bertz CT molecular complexity index is 413. The zero-order valence-corrected chi connectivity index (χ0v) is 10.1. The number of nitrogens with zero attached hydrogens (tertiary/aromatic N) is 3. The normalized spacial score (nSPS) is 19.6. The summed E-state index contributed by atoms with van der Waals surface area (Å²) < 4.78 is 0. The minimum absolute atomic E-state index is 0.138. The van der Waals surface area contributed by atoms with Crippen molar-refractivity contribution in [1.82, 2.24) is 14.9 Å². The largest absolute Gasteiger partial charge is 0.396 e. The van der Waals surface area contributed by atoms with Crippen molar-refractivity contribution in [3.63, 3.8) is 0 Å². The van der Waals surface area contributed by atoms with Crippen LogP contribution in [-0.4, -0.2) is 45.6 Å². The first-order valence-corrected chi connectivity index (χ1v) is 5.96. The van der Waals surface area contributed by atoms with Gasteiger partial charge in [0.15, 0.2) is 0 Å². The maximum Gasteiger partial charge on any atom is 0.274 e. The van der Waals surface area contributed by atoms with Crippen molar-refractivity contribution in [2.45, 2.75) is 12.8 Å². The van der Waals surface area contributed by atoms with Crippen LogP contribution in [0, 0.1) is 5.92 Å². The lowest BCUT2D eigenvalue weighted by Crippen LogP contribution is -2.29. The van der Waals surface area contributed by atoms with E-state index in [1.165, 1.54) is 12.4 Å². The van der Waals surface area contributed by atoms with Crippen LogP contribution < -0.4 is 0 Å². The Labute approximate surface area is 104 Å². The number of aromatic nitrogens is 2. The number of amides is 1. The predicted octanol–water partition coefficient (Wildman–Crippen LogP) is 0.974. The van der Waals surface area contributed by atoms with Gasteiger partial charge in [-0.1, -0.05) is 11.6 Å². The molecule has 1 N–H and O–H groups in total. The van der Waals surface area contributed by atoms with E-state index in [0.717, 1.165) is 12.8 Å². The SMILES string of the molecule is O=C(c1cncc(Cl)n1)N1CCC(CCO)C1. The molecule has 1 aromatic rings. The molecule has 92 valence electrons. The summed E-state index contributed by atoms with van der Waals surface area (Å²) in [6, 6.07) is 0. The van der Waals surface area contributed by atoms with E-state index < -0.39 is 0 Å². The van der Waals surface area contributed by atoms with Crippen LogP contribution in [0.5, 0.6) is 0 Å². The fourth-order valence-electron chi connectivity index (χ4n) is 2.04. The van der Waals surface area contributed by atoms with Gasteiger partial charge in [-0.15, -0.1) is 0 Å². The Balaban J connectivity index is 2.02. The highest BCUT2D eigenvalue weighted by Crippen LogP contribution is 2.20. The lowest BCUT2D eigenvalue weighted by atomic mass is 10.1. The molecule has 6 heteroatoms. The summed E-state index contributed by atoms with van der Waals surface area (Å²) in [5, 5.41) is 9.09. The molecule has 1 aliphatic heterocycles. The van der Waals surface area contributed by atoms with Gasteiger partial charge < -0.3 is 10.0 Å². The first-order valence-electron chi connectivity index (χ1n) is 5.58. The second-order valence-electron chi connectivity index (χ2n) is 4.15. The van der Waals surface area contributed by atoms with Gasteiger partial charge in [0.05, 0.1) is 12.4 Å². The van der Waals surface area contributed by atoms with Gasteiger partial charge in [0.2, 0.25) is 0 Å². The number of hydrogen-bond donors (Lipinski definition) is 1. The maximum absolute atomic E-state index is 12.1. The van der Waals surface area contributed by atoms with E-state index in [4.69, 9.17) is 16.7 Å². The molecule has 1 aromatic heterocycles. The van der Waals surface area contributed by atoms with Crippen molar-refractivity contribution in [3.05, 3.63) is 23.2 Å². The monoisotopic (exact) mass is 255 g/mol. The number of hydrogen-bond acceptors (Lipinski definition) is 4. The molecule has 1 saturated heterocycles. The van der Waals surface area contributed by atoms with Crippen molar-refractivity contribution in [2.75, 3.05) is 19.7 Å². The van der Waals surface area contributed by atoms with E-state index in [1.807, 2.05) is 0 Å². The molecule has 0 aromatic carbocycles. The van der Waals surface area contributed by atoms with Crippen molar-refractivity contribution in [1.29, 1.82) is 0 Å². The Morgan fingerprint density at radius 3 is 3.12 bits per heavy atom. The van der Waals surface area contributed by atoms with Gasteiger partial charge in [-0.3, -0.25) is 9.78 Å². The van der Waals surface area contributed by atoms with Crippen LogP contribution in [0.4, 0.5) is 0 Å². The molecule has 0 radical (unpaired) electrons. The first kappa shape index (κ1) is 12.3. The quantitative estimate of drug-likeness (QED) is 0.874. The number of aliphatic hydroxyl groups excluding tert-OH is 1. The minimum atomic E-state index is -0.138. The van der Waals surface area contributed by atoms with Crippen LogP contribution in [0.3, 0.4) is 0 Å². The van der Waals surface area contributed by atoms with E-state index in [-0.39, 0.29) is 23.4 Å². The van der Waals surface area contributed by atoms with Crippen molar-refractivity contribution >= 4 is 17.5 Å². The lowest BCUT2D eigenvalue weighted by Gasteiger charge is -2.15. The van der Waals surface area contributed by atoms with Crippen molar-refractivity contribution < 1.29 is 9.90 Å². The molecule has 2 heterocycles. The number of aliphatic hydroxyl groups is 1. The van der Waals surface area contributed by atoms with Crippen LogP contribution in [0.15, 0.2) is 12.4 Å². The summed E-state index contributed by atoms with van der Waals surface area (Å²) in [6.45, 7) is 1.55. The standard InChI is InChI=1S/C11H14ClN3O2/c12-10-6-13-5-9(14-10)11(17)15-3-1-8(7-15)2-4-16/h5-6,8,16H,1-4,7H2. The Morgan fingerprint density at radius 1 is 1.59 bits per heavy atom. The molecule has 5 nitrogen and oxygen atoms in total. The molecule has 1 amide bonds. The molecule has 1 atom stereocenters. The van der Waals surface area contributed by atoms with Crippen LogP contribution in [-0.2, 0) is 0 Å². The Kier molecular flexibility index (Phi) is 3.91. The fraction of sp³-hybridized carbons (Fsp3) is 0.545. The van der Waals surface area contributed by atoms with Gasteiger partial charge in [-0.25, -0.2) is 4.98 Å². The van der Waals surface area contributed by atoms with E-state index in [9.17, 15) is 4.79 Å². The summed E-state index contributed by atoms with van der Waals surface area (Å²) in [6.07, 6.45) is 4.50. The van der Waals surface area contributed by atoms with Gasteiger partial charge in [-0.2, -0.15) is 0 Å². The van der Waals surface area contributed by atoms with Crippen LogP contribution >= 0.6 is 11.6 Å². The second-order valence-corrected chi connectivity index (χ2v) is 4.53. The number of rotatable bonds is 3. The lowest BCUT2D eigenvalue weighted by molar-refractivity contribution is 0.0778. The van der Waals surface area contributed by atoms with Gasteiger partial charge in [-0.05, 0) is 18.8 Å². The molecule has 2 rings (SSSR count). The van der Waals surface area contributed by atoms with Crippen LogP contribution in [0.2, 0.25) is 5.15 Å². The molecule has 1 aliphatic rings. The van der Waals surface area contributed by atoms with E-state index in [2.05, 4.69) is 9.97 Å². The zero-order chi connectivity index (χ0) is 12.3. The minimum Gasteiger partial charge on any atom is -0.396 e. The van der Waals surface area contributed by atoms with Gasteiger partial charge in [0.25, 0.3) is 5.91 Å². The van der Waals surface area contributed by atoms with Crippen molar-refractivity contribution in [3.8, 4) is 0 Å². The number of carbonyl (C=O) groups is 1. The summed E-state index contributed by atoms with van der Waals surface area (Å²) in [5.41, 5.74) is 0.280. The Hall–Kier alpha value is -1.20. The molecule has 0 saturated carbocycles. The third-order valence-electron chi connectivity index (χ3n) is 2.93. The number of carbonyl (C=O) groups excluding carboxylic acids is 1. The summed E-state index contributed by atoms with van der Waals surface area (Å²) in [4.78, 5) is 21.6. The van der Waals surface area contributed by atoms with Crippen LogP contribution in [0.1, 0.15) is 23.3 Å². The van der Waals surface area contributed by atoms with Gasteiger partial charge in [0, 0.05) is 19.7 Å². The topological polar surface area (TPSA) is 66.3 Å². The third-order valence-corrected chi connectivity index (χ3v) is 3.12. The fourth-order valence-corrected chi connectivity index (χ4v) is 2.19. The average Bonchev–Trinajstić information content (AvgIpc) is 2.77. The molecule has 0 bridgehead atoms. The number of likely N-dealkylation sites (tertiary alicyclic amines) is 1. The average molecular weight is 256 g/mol. The molecule has 0 spiro atoms. The summed E-state index contributed by atoms with van der Waals surface area (Å²) in [5.74, 6) is 0.247. The van der Waals surface area contributed by atoms with Crippen LogP contribution in [0.25, 0.3) is 0 Å². The molecule has 1 unspecified atom stereocenters. The third kappa shape index (κ3) is 2.92. The second kappa shape index (κ2) is 5.42. The summed E-state index contributed by atoms with van der Waals surface area (Å²) in [7, 11) is 0. The van der Waals surface area contributed by atoms with E-state index in [1.54, 1.807) is 4.90 Å². The highest BCUT2D eigenvalue weighted by Gasteiger charge is 2.27. The maximum atomic E-state index is 12.1. The first-order chi connectivity index (χ1) is 8.20. The molecular weight excluding hydrogens is 242 g/mol. The van der Waals surface area contributed by atoms with Gasteiger partial charge >= 0.3 is 0 Å². The molecular formula is C11H14ClN3O2. The highest BCUT2D eigenvalue weighted by molar-refractivity contribution is 6.29. The highest BCUT2D eigenvalue weighted by atomic mass is 35.5. The smallest absolute Gasteiger partial charge is 0.274 e. The summed E-state index contributed by atoms with van der Waals surface area (Å²) >= 11 is 5.70.